The Balaban J connectivity index is 1.31. The summed E-state index contributed by atoms with van der Waals surface area (Å²) < 4.78 is 11.1. The number of ketones is 1. The van der Waals surface area contributed by atoms with Crippen LogP contribution in [0.3, 0.4) is 0 Å². The number of fused-ring (bicyclic) bond motifs is 1. The van der Waals surface area contributed by atoms with E-state index in [2.05, 4.69) is 4.98 Å². The average molecular weight is 366 g/mol. The molecule has 1 fully saturated rings. The van der Waals surface area contributed by atoms with Crippen LogP contribution in [0, 0.1) is 5.92 Å². The van der Waals surface area contributed by atoms with Gasteiger partial charge in [0.1, 0.15) is 6.61 Å². The second kappa shape index (κ2) is 7.88. The monoisotopic (exact) mass is 366 g/mol. The lowest BCUT2D eigenvalue weighted by Crippen LogP contribution is -2.30. The van der Waals surface area contributed by atoms with Gasteiger partial charge in [0, 0.05) is 37.2 Å². The Kier molecular flexibility index (Phi) is 5.16. The molecule has 0 spiro atoms. The zero-order valence-corrected chi connectivity index (χ0v) is 15.1. The van der Waals surface area contributed by atoms with Crippen molar-refractivity contribution in [1.29, 1.82) is 0 Å². The quantitative estimate of drug-likeness (QED) is 0.812. The van der Waals surface area contributed by atoms with Gasteiger partial charge in [0.2, 0.25) is 5.88 Å². The van der Waals surface area contributed by atoms with Crippen LogP contribution in [-0.2, 0) is 22.6 Å². The molecule has 0 N–H and O–H groups in total. The zero-order chi connectivity index (χ0) is 18.6. The van der Waals surface area contributed by atoms with E-state index >= 15 is 0 Å². The van der Waals surface area contributed by atoms with E-state index in [1.54, 1.807) is 6.07 Å². The third-order valence-electron chi connectivity index (χ3n) is 4.97. The molecule has 1 atom stereocenters. The number of ether oxygens (including phenoxy) is 2. The van der Waals surface area contributed by atoms with Gasteiger partial charge in [-0.15, -0.1) is 0 Å². The number of benzene rings is 1. The predicted molar refractivity (Wildman–Crippen MR) is 98.6 cm³/mol. The molecule has 2 aliphatic rings. The normalized spacial score (nSPS) is 18.9. The molecule has 6 heteroatoms. The summed E-state index contributed by atoms with van der Waals surface area (Å²) in [6.07, 6.45) is 2.75. The van der Waals surface area contributed by atoms with Crippen molar-refractivity contribution in [1.82, 2.24) is 9.88 Å². The van der Waals surface area contributed by atoms with E-state index in [0.717, 1.165) is 12.0 Å². The summed E-state index contributed by atoms with van der Waals surface area (Å²) in [5.41, 5.74) is 2.36. The largest absolute Gasteiger partial charge is 0.469 e. The second-order valence-electron chi connectivity index (χ2n) is 7.10. The lowest BCUT2D eigenvalue weighted by molar-refractivity contribution is -0.121. The fraction of sp³-hybridized carbons (Fsp3) is 0.381. The Morgan fingerprint density at radius 2 is 2.15 bits per heavy atom. The van der Waals surface area contributed by atoms with Gasteiger partial charge >= 0.3 is 0 Å². The van der Waals surface area contributed by atoms with Crippen LogP contribution in [-0.4, -0.2) is 47.9 Å². The molecule has 1 unspecified atom stereocenters. The highest BCUT2D eigenvalue weighted by Gasteiger charge is 2.28. The molecule has 4 rings (SSSR count). The van der Waals surface area contributed by atoms with Crippen LogP contribution in [0.15, 0.2) is 42.6 Å². The van der Waals surface area contributed by atoms with E-state index in [1.165, 1.54) is 6.20 Å². The molecule has 1 amide bonds. The fourth-order valence-electron chi connectivity index (χ4n) is 3.54. The van der Waals surface area contributed by atoms with E-state index in [4.69, 9.17) is 9.47 Å². The number of hydrogen-bond acceptors (Lipinski definition) is 5. The number of nitrogens with zero attached hydrogens (tertiary/aromatic N) is 2. The minimum absolute atomic E-state index is 0.00528. The van der Waals surface area contributed by atoms with Crippen LogP contribution >= 0.6 is 0 Å². The highest BCUT2D eigenvalue weighted by molar-refractivity contribution is 5.95. The first kappa shape index (κ1) is 17.7. The summed E-state index contributed by atoms with van der Waals surface area (Å²) in [7, 11) is 0. The Morgan fingerprint density at radius 3 is 3.00 bits per heavy atom. The van der Waals surface area contributed by atoms with Gasteiger partial charge in [-0.05, 0) is 18.1 Å². The van der Waals surface area contributed by atoms with E-state index in [-0.39, 0.29) is 24.7 Å². The number of Topliss-reactive ketones (excluding diaryl/α,β-unsaturated/α-hetero) is 1. The van der Waals surface area contributed by atoms with Gasteiger partial charge in [-0.2, -0.15) is 0 Å². The molecule has 0 aliphatic carbocycles. The summed E-state index contributed by atoms with van der Waals surface area (Å²) in [4.78, 5) is 30.4. The number of carbonyl (C=O) groups is 2. The van der Waals surface area contributed by atoms with Crippen molar-refractivity contribution in [2.75, 3.05) is 26.3 Å². The topological polar surface area (TPSA) is 68.7 Å². The summed E-state index contributed by atoms with van der Waals surface area (Å²) in [5, 5.41) is 0. The second-order valence-corrected chi connectivity index (χ2v) is 7.10. The zero-order valence-electron chi connectivity index (χ0n) is 15.1. The SMILES string of the molecule is O=C1COc2ncc(C(=O)N3CCC(COCc4ccccc4)C3)cc2C1. The standard InChI is InChI=1S/C21H22N2O4/c24-19-9-17-8-18(10-22-20(17)27-14-19)21(25)23-7-6-16(11-23)13-26-12-15-4-2-1-3-5-15/h1-5,8,10,16H,6-7,9,11-14H2. The minimum Gasteiger partial charge on any atom is -0.469 e. The number of carbonyl (C=O) groups excluding carboxylic acids is 2. The highest BCUT2D eigenvalue weighted by Crippen LogP contribution is 2.24. The van der Waals surface area contributed by atoms with Crippen LogP contribution in [0.1, 0.15) is 27.9 Å². The van der Waals surface area contributed by atoms with Gasteiger partial charge in [-0.3, -0.25) is 9.59 Å². The molecule has 0 radical (unpaired) electrons. The first-order valence-electron chi connectivity index (χ1n) is 9.23. The van der Waals surface area contributed by atoms with Gasteiger partial charge in [0.05, 0.1) is 18.8 Å². The van der Waals surface area contributed by atoms with Gasteiger partial charge in [0.15, 0.2) is 5.78 Å². The Labute approximate surface area is 158 Å². The molecule has 1 aromatic carbocycles. The first-order chi connectivity index (χ1) is 13.2. The molecule has 0 bridgehead atoms. The average Bonchev–Trinajstić information content (AvgIpc) is 3.16. The molecule has 27 heavy (non-hydrogen) atoms. The number of rotatable bonds is 5. The number of aromatic nitrogens is 1. The van der Waals surface area contributed by atoms with Crippen molar-refractivity contribution < 1.29 is 19.1 Å². The number of amides is 1. The molecular weight excluding hydrogens is 344 g/mol. The molecule has 3 heterocycles. The highest BCUT2D eigenvalue weighted by atomic mass is 16.5. The van der Waals surface area contributed by atoms with E-state index in [0.29, 0.717) is 49.2 Å². The first-order valence-corrected chi connectivity index (χ1v) is 9.23. The van der Waals surface area contributed by atoms with Gasteiger partial charge in [-0.25, -0.2) is 4.98 Å². The summed E-state index contributed by atoms with van der Waals surface area (Å²) >= 11 is 0. The molecule has 1 aromatic heterocycles. The Bertz CT molecular complexity index is 837. The maximum absolute atomic E-state index is 12.8. The third kappa shape index (κ3) is 4.17. The van der Waals surface area contributed by atoms with E-state index < -0.39 is 0 Å². The van der Waals surface area contributed by atoms with Crippen molar-refractivity contribution in [2.24, 2.45) is 5.92 Å². The van der Waals surface area contributed by atoms with Crippen LogP contribution < -0.4 is 4.74 Å². The summed E-state index contributed by atoms with van der Waals surface area (Å²) in [6.45, 7) is 2.69. The number of hydrogen-bond donors (Lipinski definition) is 0. The number of pyridine rings is 1. The van der Waals surface area contributed by atoms with Crippen LogP contribution in [0.5, 0.6) is 5.88 Å². The van der Waals surface area contributed by atoms with E-state index in [9.17, 15) is 9.59 Å². The molecule has 0 saturated carbocycles. The number of likely N-dealkylation sites (tertiary alicyclic amines) is 1. The van der Waals surface area contributed by atoms with Crippen LogP contribution in [0.25, 0.3) is 0 Å². The van der Waals surface area contributed by atoms with Crippen LogP contribution in [0.2, 0.25) is 0 Å². The van der Waals surface area contributed by atoms with Crippen molar-refractivity contribution in [3.63, 3.8) is 0 Å². The van der Waals surface area contributed by atoms with Crippen molar-refractivity contribution in [3.05, 3.63) is 59.3 Å². The maximum atomic E-state index is 12.8. The minimum atomic E-state index is -0.0473. The molecular formula is C21H22N2O4. The Morgan fingerprint density at radius 1 is 1.30 bits per heavy atom. The van der Waals surface area contributed by atoms with E-state index in [1.807, 2.05) is 35.2 Å². The molecule has 6 nitrogen and oxygen atoms in total. The summed E-state index contributed by atoms with van der Waals surface area (Å²) in [5.74, 6) is 0.757. The molecule has 2 aromatic rings. The predicted octanol–water partition coefficient (Wildman–Crippen LogP) is 2.26. The summed E-state index contributed by atoms with van der Waals surface area (Å²) in [6, 6.07) is 11.8. The van der Waals surface area contributed by atoms with Gasteiger partial charge < -0.3 is 14.4 Å². The Hall–Kier alpha value is -2.73. The molecule has 2 aliphatic heterocycles. The maximum Gasteiger partial charge on any atom is 0.255 e. The van der Waals surface area contributed by atoms with Gasteiger partial charge in [-0.1, -0.05) is 30.3 Å². The molecule has 1 saturated heterocycles. The smallest absolute Gasteiger partial charge is 0.255 e. The lowest BCUT2D eigenvalue weighted by atomic mass is 10.1. The van der Waals surface area contributed by atoms with Crippen molar-refractivity contribution in [3.8, 4) is 5.88 Å². The molecule has 140 valence electrons. The fourth-order valence-corrected chi connectivity index (χ4v) is 3.54. The van der Waals surface area contributed by atoms with Crippen LogP contribution in [0.4, 0.5) is 0 Å². The van der Waals surface area contributed by atoms with Crippen molar-refractivity contribution >= 4 is 11.7 Å². The van der Waals surface area contributed by atoms with Gasteiger partial charge in [0.25, 0.3) is 5.91 Å². The lowest BCUT2D eigenvalue weighted by Gasteiger charge is -2.19. The third-order valence-corrected chi connectivity index (χ3v) is 4.97. The van der Waals surface area contributed by atoms with Crippen molar-refractivity contribution in [2.45, 2.75) is 19.4 Å².